The summed E-state index contributed by atoms with van der Waals surface area (Å²) in [6.07, 6.45) is 3.77. The van der Waals surface area contributed by atoms with Gasteiger partial charge in [0.25, 0.3) is 0 Å². The van der Waals surface area contributed by atoms with Gasteiger partial charge in [0.05, 0.1) is 30.3 Å². The minimum Gasteiger partial charge on any atom is -0.462 e. The molecule has 272 valence electrons. The first-order valence-electron chi connectivity index (χ1n) is 17.9. The van der Waals surface area contributed by atoms with Crippen LogP contribution in [0, 0.1) is 23.0 Å². The SMILES string of the molecule is CC.COC1CCN(CCOc2nc(N3C4CCC3CN(CCCO)C4)c3c4c(c(-c5c(F)ccc6sc(N)c(C#N)c56)c(F)c3n2)COC4)C1. The van der Waals surface area contributed by atoms with E-state index in [1.54, 1.807) is 13.2 Å². The molecule has 4 aromatic rings. The molecule has 3 saturated heterocycles. The molecule has 51 heavy (non-hydrogen) atoms. The molecule has 11 nitrogen and oxygen atoms in total. The van der Waals surface area contributed by atoms with E-state index in [0.717, 1.165) is 57.5 Å². The lowest BCUT2D eigenvalue weighted by Gasteiger charge is -2.42. The monoisotopic (exact) mass is 721 g/mol. The zero-order valence-corrected chi connectivity index (χ0v) is 30.2. The third-order valence-electron chi connectivity index (χ3n) is 10.6. The van der Waals surface area contributed by atoms with Crippen molar-refractivity contribution in [2.24, 2.45) is 0 Å². The number of fused-ring (bicyclic) bond motifs is 6. The molecule has 8 rings (SSSR count). The third-order valence-corrected chi connectivity index (χ3v) is 11.6. The van der Waals surface area contributed by atoms with Gasteiger partial charge >= 0.3 is 6.01 Å². The molecule has 0 amide bonds. The first-order valence-corrected chi connectivity index (χ1v) is 18.7. The van der Waals surface area contributed by atoms with Gasteiger partial charge in [0, 0.05) is 86.3 Å². The summed E-state index contributed by atoms with van der Waals surface area (Å²) in [7, 11) is 1.72. The Balaban J connectivity index is 0.00000200. The highest BCUT2D eigenvalue weighted by molar-refractivity contribution is 7.23. The quantitative estimate of drug-likeness (QED) is 0.217. The molecule has 4 aliphatic heterocycles. The number of nitrogens with zero attached hydrogens (tertiary/aromatic N) is 6. The van der Waals surface area contributed by atoms with Gasteiger partial charge in [-0.15, -0.1) is 11.3 Å². The molecule has 6 heterocycles. The number of hydrogen-bond donors (Lipinski definition) is 2. The Morgan fingerprint density at radius 2 is 1.78 bits per heavy atom. The summed E-state index contributed by atoms with van der Waals surface area (Å²) in [5.41, 5.74) is 7.63. The highest BCUT2D eigenvalue weighted by Crippen LogP contribution is 2.49. The number of aromatic nitrogens is 2. The fraction of sp³-hybridized carbons (Fsp3) is 0.541. The lowest BCUT2D eigenvalue weighted by atomic mass is 9.90. The predicted octanol–water partition coefficient (Wildman–Crippen LogP) is 5.43. The van der Waals surface area contributed by atoms with Crippen LogP contribution in [-0.4, -0.2) is 103 Å². The van der Waals surface area contributed by atoms with Gasteiger partial charge in [0.1, 0.15) is 34.8 Å². The Kier molecular flexibility index (Phi) is 10.6. The Bertz CT molecular complexity index is 1960. The molecule has 3 N–H and O–H groups in total. The number of piperazine rings is 1. The number of hydrogen-bond acceptors (Lipinski definition) is 12. The lowest BCUT2D eigenvalue weighted by Crippen LogP contribution is -2.54. The minimum atomic E-state index is -0.704. The Labute approximate surface area is 300 Å². The molecule has 2 aromatic carbocycles. The summed E-state index contributed by atoms with van der Waals surface area (Å²) in [4.78, 5) is 16.6. The maximum Gasteiger partial charge on any atom is 0.319 e. The Morgan fingerprint density at radius 1 is 1.02 bits per heavy atom. The van der Waals surface area contributed by atoms with E-state index in [2.05, 4.69) is 20.8 Å². The predicted molar refractivity (Wildman–Crippen MR) is 194 cm³/mol. The van der Waals surface area contributed by atoms with Crippen molar-refractivity contribution in [3.8, 4) is 23.2 Å². The summed E-state index contributed by atoms with van der Waals surface area (Å²) in [5, 5.41) is 20.5. The van der Waals surface area contributed by atoms with Crippen LogP contribution >= 0.6 is 11.3 Å². The van der Waals surface area contributed by atoms with Gasteiger partial charge in [0.15, 0.2) is 5.82 Å². The number of anilines is 2. The number of ether oxygens (including phenoxy) is 3. The number of nitriles is 1. The molecule has 0 radical (unpaired) electrons. The Morgan fingerprint density at radius 3 is 2.49 bits per heavy atom. The molecular formula is C37H45F2N7O4S. The molecule has 2 aromatic heterocycles. The topological polar surface area (TPSA) is 133 Å². The summed E-state index contributed by atoms with van der Waals surface area (Å²) >= 11 is 1.17. The van der Waals surface area contributed by atoms with E-state index < -0.39 is 11.6 Å². The number of thiophene rings is 1. The number of likely N-dealkylation sites (tertiary alicyclic amines) is 2. The fourth-order valence-electron chi connectivity index (χ4n) is 8.32. The average molecular weight is 722 g/mol. The molecule has 0 aliphatic carbocycles. The molecule has 3 fully saturated rings. The maximum absolute atomic E-state index is 17.4. The molecule has 14 heteroatoms. The second-order valence-electron chi connectivity index (χ2n) is 13.4. The van der Waals surface area contributed by atoms with Crippen LogP contribution in [0.5, 0.6) is 6.01 Å². The van der Waals surface area contributed by atoms with Crippen LogP contribution in [0.1, 0.15) is 56.2 Å². The van der Waals surface area contributed by atoms with E-state index in [1.807, 2.05) is 13.8 Å². The largest absolute Gasteiger partial charge is 0.462 e. The summed E-state index contributed by atoms with van der Waals surface area (Å²) in [6.45, 7) is 9.48. The summed E-state index contributed by atoms with van der Waals surface area (Å²) in [5.74, 6) is -0.751. The molecule has 2 bridgehead atoms. The third kappa shape index (κ3) is 6.38. The number of methoxy groups -OCH3 is 1. The lowest BCUT2D eigenvalue weighted by molar-refractivity contribution is 0.105. The van der Waals surface area contributed by atoms with Crippen LogP contribution in [-0.2, 0) is 22.7 Å². The number of aliphatic hydroxyl groups excluding tert-OH is 1. The van der Waals surface area contributed by atoms with Crippen LogP contribution < -0.4 is 15.4 Å². The van der Waals surface area contributed by atoms with Crippen LogP contribution in [0.4, 0.5) is 19.6 Å². The minimum absolute atomic E-state index is 0.00919. The van der Waals surface area contributed by atoms with Gasteiger partial charge in [0.2, 0.25) is 0 Å². The van der Waals surface area contributed by atoms with Gasteiger partial charge in [-0.05, 0) is 48.9 Å². The fourth-order valence-corrected chi connectivity index (χ4v) is 9.24. The summed E-state index contributed by atoms with van der Waals surface area (Å²) in [6, 6.07) is 5.31. The molecule has 3 unspecified atom stereocenters. The van der Waals surface area contributed by atoms with Crippen molar-refractivity contribution in [2.75, 3.05) is 70.2 Å². The number of benzene rings is 2. The number of halogens is 2. The van der Waals surface area contributed by atoms with Crippen molar-refractivity contribution in [3.63, 3.8) is 0 Å². The van der Waals surface area contributed by atoms with E-state index in [4.69, 9.17) is 29.9 Å². The molecule has 4 aliphatic rings. The van der Waals surface area contributed by atoms with Crippen molar-refractivity contribution in [1.82, 2.24) is 19.8 Å². The van der Waals surface area contributed by atoms with Crippen LogP contribution in [0.25, 0.3) is 32.1 Å². The molecular weight excluding hydrogens is 677 g/mol. The average Bonchev–Trinajstić information content (AvgIpc) is 3.93. The van der Waals surface area contributed by atoms with E-state index in [1.165, 1.54) is 17.4 Å². The van der Waals surface area contributed by atoms with Crippen LogP contribution in [0.2, 0.25) is 0 Å². The standard InChI is InChI=1S/C35H39F2N7O4S.C2H6/c1-46-21-7-9-42(16-21)10-12-48-35-40-32-29(34(41-35)44-19-3-4-20(44)15-43(14-19)8-2-11-45)24-18-47-17-23(24)28(31(32)37)30-25(36)5-6-26-27(30)22(13-38)33(39)49-26;1-2/h5-6,19-21,45H,2-4,7-12,14-18,39H2,1H3;1-2H3. The van der Waals surface area contributed by atoms with Crippen molar-refractivity contribution >= 4 is 43.1 Å². The molecule has 0 spiro atoms. The number of nitrogen functional groups attached to an aromatic ring is 1. The number of nitrogens with two attached hydrogens (primary N) is 1. The Hall–Kier alpha value is -3.71. The van der Waals surface area contributed by atoms with E-state index in [0.29, 0.717) is 46.4 Å². The van der Waals surface area contributed by atoms with Crippen LogP contribution in [0.15, 0.2) is 12.1 Å². The van der Waals surface area contributed by atoms with E-state index in [-0.39, 0.29) is 71.2 Å². The van der Waals surface area contributed by atoms with E-state index in [9.17, 15) is 10.4 Å². The highest BCUT2D eigenvalue weighted by Gasteiger charge is 2.43. The second kappa shape index (κ2) is 15.1. The highest BCUT2D eigenvalue weighted by atomic mass is 32.1. The smallest absolute Gasteiger partial charge is 0.319 e. The molecule has 3 atom stereocenters. The van der Waals surface area contributed by atoms with Gasteiger partial charge < -0.3 is 30.0 Å². The van der Waals surface area contributed by atoms with E-state index >= 15 is 8.78 Å². The van der Waals surface area contributed by atoms with Gasteiger partial charge in [-0.3, -0.25) is 9.80 Å². The normalized spacial score (nSPS) is 21.7. The zero-order chi connectivity index (χ0) is 35.8. The first kappa shape index (κ1) is 35.7. The van der Waals surface area contributed by atoms with Gasteiger partial charge in [-0.2, -0.15) is 15.2 Å². The first-order chi connectivity index (χ1) is 24.9. The number of rotatable bonds is 10. The van der Waals surface area contributed by atoms with Crippen LogP contribution in [0.3, 0.4) is 0 Å². The zero-order valence-electron chi connectivity index (χ0n) is 29.4. The van der Waals surface area contributed by atoms with Crippen molar-refractivity contribution in [3.05, 3.63) is 40.5 Å². The molecule has 0 saturated carbocycles. The van der Waals surface area contributed by atoms with Crippen molar-refractivity contribution in [1.29, 1.82) is 5.26 Å². The summed E-state index contributed by atoms with van der Waals surface area (Å²) < 4.78 is 51.6. The maximum atomic E-state index is 17.4. The van der Waals surface area contributed by atoms with Crippen molar-refractivity contribution < 1.29 is 28.1 Å². The number of aliphatic hydroxyl groups is 1. The van der Waals surface area contributed by atoms with Gasteiger partial charge in [-0.1, -0.05) is 13.8 Å². The second-order valence-corrected chi connectivity index (χ2v) is 14.4. The van der Waals surface area contributed by atoms with Gasteiger partial charge in [-0.25, -0.2) is 8.78 Å². The van der Waals surface area contributed by atoms with Crippen molar-refractivity contribution in [2.45, 2.75) is 70.9 Å².